The van der Waals surface area contributed by atoms with Crippen LogP contribution in [-0.4, -0.2) is 34.9 Å². The summed E-state index contributed by atoms with van der Waals surface area (Å²) in [5.74, 6) is 2.71. The molecule has 1 aromatic rings. The van der Waals surface area contributed by atoms with Crippen molar-refractivity contribution < 1.29 is 9.90 Å². The molecule has 0 spiro atoms. The number of piperidine rings is 1. The number of likely N-dealkylation sites (tertiary alicyclic amines) is 1. The van der Waals surface area contributed by atoms with Gasteiger partial charge in [-0.15, -0.1) is 0 Å². The van der Waals surface area contributed by atoms with Gasteiger partial charge in [0, 0.05) is 18.7 Å². The van der Waals surface area contributed by atoms with Crippen LogP contribution in [0.1, 0.15) is 54.9 Å². The summed E-state index contributed by atoms with van der Waals surface area (Å²) < 4.78 is 0. The van der Waals surface area contributed by atoms with Gasteiger partial charge in [0.05, 0.1) is 6.04 Å². The molecule has 3 heteroatoms. The lowest BCUT2D eigenvalue weighted by molar-refractivity contribution is 0.0266. The fourth-order valence-electron chi connectivity index (χ4n) is 4.84. The standard InChI is InChI=1S/C19H25NO2/c1-3-13-10-20(9-12-4-5-12)18-11(2)17(13)16-8-14(21)6-7-15(16)19(18)22/h6-8,11-13,17-18,21H,3-5,9-10H2,1-2H3/t11?,13?,17-,18-/m0/s1. The summed E-state index contributed by atoms with van der Waals surface area (Å²) in [6.45, 7) is 6.62. The monoisotopic (exact) mass is 299 g/mol. The minimum absolute atomic E-state index is 0.0467. The predicted octanol–water partition coefficient (Wildman–Crippen LogP) is 3.43. The first-order chi connectivity index (χ1) is 10.6. The van der Waals surface area contributed by atoms with Gasteiger partial charge in [0.15, 0.2) is 5.78 Å². The van der Waals surface area contributed by atoms with E-state index in [9.17, 15) is 9.90 Å². The molecule has 2 aliphatic carbocycles. The zero-order chi connectivity index (χ0) is 15.4. The van der Waals surface area contributed by atoms with Gasteiger partial charge in [-0.3, -0.25) is 9.69 Å². The molecule has 1 saturated carbocycles. The lowest BCUT2D eigenvalue weighted by Gasteiger charge is -2.51. The highest BCUT2D eigenvalue weighted by atomic mass is 16.3. The summed E-state index contributed by atoms with van der Waals surface area (Å²) in [4.78, 5) is 15.5. The van der Waals surface area contributed by atoms with Gasteiger partial charge in [0.1, 0.15) is 5.75 Å². The summed E-state index contributed by atoms with van der Waals surface area (Å²) in [5.41, 5.74) is 1.94. The SMILES string of the molecule is CCC1CN(CC2CC2)[C@@H]2C(=O)c3ccc(O)cc3[C@H]1C2C. The fourth-order valence-corrected chi connectivity index (χ4v) is 4.84. The molecule has 3 nitrogen and oxygen atoms in total. The number of aromatic hydroxyl groups is 1. The van der Waals surface area contributed by atoms with Crippen molar-refractivity contribution in [2.45, 2.75) is 45.1 Å². The minimum Gasteiger partial charge on any atom is -0.508 e. The summed E-state index contributed by atoms with van der Waals surface area (Å²) >= 11 is 0. The Labute approximate surface area is 132 Å². The number of carbonyl (C=O) groups is 1. The molecule has 2 fully saturated rings. The van der Waals surface area contributed by atoms with Gasteiger partial charge in [-0.1, -0.05) is 20.3 Å². The molecular weight excluding hydrogens is 274 g/mol. The van der Waals surface area contributed by atoms with Crippen molar-refractivity contribution >= 4 is 5.78 Å². The second-order valence-corrected chi connectivity index (χ2v) is 7.53. The van der Waals surface area contributed by atoms with Gasteiger partial charge in [0.2, 0.25) is 0 Å². The van der Waals surface area contributed by atoms with E-state index >= 15 is 0 Å². The number of phenolic OH excluding ortho intramolecular Hbond substituents is 1. The highest BCUT2D eigenvalue weighted by Gasteiger charge is 2.50. The number of rotatable bonds is 3. The van der Waals surface area contributed by atoms with Crippen LogP contribution in [0.3, 0.4) is 0 Å². The molecule has 1 aromatic carbocycles. The third-order valence-electron chi connectivity index (χ3n) is 6.08. The summed E-state index contributed by atoms with van der Waals surface area (Å²) in [5, 5.41) is 9.87. The van der Waals surface area contributed by atoms with Gasteiger partial charge in [0.25, 0.3) is 0 Å². The summed E-state index contributed by atoms with van der Waals surface area (Å²) in [6.07, 6.45) is 3.79. The number of benzene rings is 1. The van der Waals surface area contributed by atoms with Gasteiger partial charge >= 0.3 is 0 Å². The molecule has 2 bridgehead atoms. The number of phenols is 1. The molecular formula is C19H25NO2. The predicted molar refractivity (Wildman–Crippen MR) is 86.2 cm³/mol. The van der Waals surface area contributed by atoms with Crippen molar-refractivity contribution in [1.82, 2.24) is 4.90 Å². The number of nitrogens with zero attached hydrogens (tertiary/aromatic N) is 1. The number of Topliss-reactive ketones (excluding diaryl/α,β-unsaturated/α-hetero) is 1. The van der Waals surface area contributed by atoms with Crippen molar-refractivity contribution in [3.63, 3.8) is 0 Å². The average Bonchev–Trinajstić information content (AvgIpc) is 3.29. The Kier molecular flexibility index (Phi) is 3.30. The topological polar surface area (TPSA) is 40.5 Å². The first-order valence-corrected chi connectivity index (χ1v) is 8.71. The van der Waals surface area contributed by atoms with Gasteiger partial charge in [-0.05, 0) is 60.3 Å². The summed E-state index contributed by atoms with van der Waals surface area (Å²) in [7, 11) is 0. The zero-order valence-corrected chi connectivity index (χ0v) is 13.5. The number of ketones is 1. The number of hydrogen-bond donors (Lipinski definition) is 1. The Morgan fingerprint density at radius 3 is 2.77 bits per heavy atom. The van der Waals surface area contributed by atoms with Crippen LogP contribution in [0.2, 0.25) is 0 Å². The van der Waals surface area contributed by atoms with E-state index < -0.39 is 0 Å². The Morgan fingerprint density at radius 2 is 2.09 bits per heavy atom. The molecule has 0 aromatic heterocycles. The van der Waals surface area contributed by atoms with Crippen molar-refractivity contribution in [2.24, 2.45) is 17.8 Å². The second-order valence-electron chi connectivity index (χ2n) is 7.53. The van der Waals surface area contributed by atoms with Crippen LogP contribution in [0.4, 0.5) is 0 Å². The number of carbonyl (C=O) groups excluding carboxylic acids is 1. The van der Waals surface area contributed by atoms with Gasteiger partial charge in [-0.2, -0.15) is 0 Å². The van der Waals surface area contributed by atoms with Crippen LogP contribution in [0.15, 0.2) is 18.2 Å². The lowest BCUT2D eigenvalue weighted by Crippen LogP contribution is -2.58. The largest absolute Gasteiger partial charge is 0.508 e. The van der Waals surface area contributed by atoms with Gasteiger partial charge < -0.3 is 5.11 Å². The van der Waals surface area contributed by atoms with E-state index in [2.05, 4.69) is 18.7 Å². The highest BCUT2D eigenvalue weighted by molar-refractivity contribution is 6.03. The number of hydrogen-bond acceptors (Lipinski definition) is 3. The number of fused-ring (bicyclic) bond motifs is 4. The molecule has 1 saturated heterocycles. The molecule has 1 N–H and O–H groups in total. The Balaban J connectivity index is 1.78. The molecule has 3 aliphatic rings. The van der Waals surface area contributed by atoms with E-state index in [-0.39, 0.29) is 17.6 Å². The average molecular weight is 299 g/mol. The van der Waals surface area contributed by atoms with E-state index in [1.54, 1.807) is 6.07 Å². The van der Waals surface area contributed by atoms with E-state index in [0.29, 0.717) is 17.8 Å². The molecule has 4 rings (SSSR count). The van der Waals surface area contributed by atoms with Crippen molar-refractivity contribution in [3.8, 4) is 5.75 Å². The van der Waals surface area contributed by atoms with Crippen LogP contribution in [0.5, 0.6) is 5.75 Å². The van der Waals surface area contributed by atoms with E-state index in [1.807, 2.05) is 12.1 Å². The molecule has 0 amide bonds. The second kappa shape index (κ2) is 5.09. The Morgan fingerprint density at radius 1 is 1.32 bits per heavy atom. The van der Waals surface area contributed by atoms with E-state index in [0.717, 1.165) is 36.6 Å². The van der Waals surface area contributed by atoms with Crippen LogP contribution in [0.25, 0.3) is 0 Å². The van der Waals surface area contributed by atoms with Crippen LogP contribution in [0, 0.1) is 17.8 Å². The first kappa shape index (κ1) is 14.3. The molecule has 1 aliphatic heterocycles. The molecule has 0 radical (unpaired) electrons. The zero-order valence-electron chi connectivity index (χ0n) is 13.5. The lowest BCUT2D eigenvalue weighted by atomic mass is 9.63. The molecule has 2 unspecified atom stereocenters. The first-order valence-electron chi connectivity index (χ1n) is 8.71. The fraction of sp³-hybridized carbons (Fsp3) is 0.632. The normalized spacial score (nSPS) is 34.5. The van der Waals surface area contributed by atoms with Gasteiger partial charge in [-0.25, -0.2) is 0 Å². The smallest absolute Gasteiger partial charge is 0.180 e. The quantitative estimate of drug-likeness (QED) is 0.929. The van der Waals surface area contributed by atoms with Crippen molar-refractivity contribution in [2.75, 3.05) is 13.1 Å². The molecule has 118 valence electrons. The third-order valence-corrected chi connectivity index (χ3v) is 6.08. The van der Waals surface area contributed by atoms with E-state index in [4.69, 9.17) is 0 Å². The maximum Gasteiger partial charge on any atom is 0.180 e. The molecule has 22 heavy (non-hydrogen) atoms. The summed E-state index contributed by atoms with van der Waals surface area (Å²) in [6, 6.07) is 5.38. The van der Waals surface area contributed by atoms with Crippen LogP contribution >= 0.6 is 0 Å². The van der Waals surface area contributed by atoms with Crippen molar-refractivity contribution in [1.29, 1.82) is 0 Å². The Bertz CT molecular complexity index is 607. The highest BCUT2D eigenvalue weighted by Crippen LogP contribution is 2.49. The maximum atomic E-state index is 13.0. The van der Waals surface area contributed by atoms with Crippen LogP contribution in [-0.2, 0) is 0 Å². The minimum atomic E-state index is 0.0467. The van der Waals surface area contributed by atoms with Crippen molar-refractivity contribution in [3.05, 3.63) is 29.3 Å². The third kappa shape index (κ3) is 2.10. The Hall–Kier alpha value is -1.35. The van der Waals surface area contributed by atoms with E-state index in [1.165, 1.54) is 12.8 Å². The van der Waals surface area contributed by atoms with Crippen LogP contribution < -0.4 is 0 Å². The molecule has 4 atom stereocenters. The molecule has 1 heterocycles. The maximum absolute atomic E-state index is 13.0.